The van der Waals surface area contributed by atoms with Gasteiger partial charge in [0.25, 0.3) is 0 Å². The van der Waals surface area contributed by atoms with Gasteiger partial charge >= 0.3 is 0 Å². The molecule has 0 bridgehead atoms. The lowest BCUT2D eigenvalue weighted by Crippen LogP contribution is -2.29. The average Bonchev–Trinajstić information content (AvgIpc) is 2.27. The molecule has 0 saturated heterocycles. The van der Waals surface area contributed by atoms with Gasteiger partial charge in [-0.05, 0) is 24.0 Å². The molecule has 0 aromatic carbocycles. The quantitative estimate of drug-likeness (QED) is 0.553. The molecule has 0 amide bonds. The van der Waals surface area contributed by atoms with E-state index in [2.05, 4.69) is 29.5 Å². The van der Waals surface area contributed by atoms with Crippen LogP contribution >= 0.6 is 0 Å². The summed E-state index contributed by atoms with van der Waals surface area (Å²) < 4.78 is 0. The third kappa shape index (κ3) is 3.93. The topological polar surface area (TPSA) is 63.8 Å². The minimum atomic E-state index is 0.182. The van der Waals surface area contributed by atoms with E-state index in [0.29, 0.717) is 5.92 Å². The zero-order chi connectivity index (χ0) is 11.1. The third-order valence-electron chi connectivity index (χ3n) is 2.63. The second-order valence-corrected chi connectivity index (χ2v) is 4.02. The maximum absolute atomic E-state index is 5.55. The molecular formula is C11H20N4. The lowest BCUT2D eigenvalue weighted by Gasteiger charge is -2.19. The highest BCUT2D eigenvalue weighted by atomic mass is 15.2. The Morgan fingerprint density at radius 2 is 2.27 bits per heavy atom. The van der Waals surface area contributed by atoms with Gasteiger partial charge < -0.3 is 0 Å². The first kappa shape index (κ1) is 12.1. The normalized spacial score (nSPS) is 14.9. The first-order valence-electron chi connectivity index (χ1n) is 5.50. The van der Waals surface area contributed by atoms with Crippen molar-refractivity contribution < 1.29 is 0 Å². The molecular weight excluding hydrogens is 188 g/mol. The zero-order valence-corrected chi connectivity index (χ0v) is 9.48. The molecule has 1 rings (SSSR count). The van der Waals surface area contributed by atoms with Crippen LogP contribution in [-0.4, -0.2) is 10.2 Å². The van der Waals surface area contributed by atoms with E-state index >= 15 is 0 Å². The van der Waals surface area contributed by atoms with Crippen LogP contribution in [0.25, 0.3) is 0 Å². The fourth-order valence-corrected chi connectivity index (χ4v) is 1.82. The summed E-state index contributed by atoms with van der Waals surface area (Å²) >= 11 is 0. The van der Waals surface area contributed by atoms with Crippen molar-refractivity contribution in [1.29, 1.82) is 0 Å². The summed E-state index contributed by atoms with van der Waals surface area (Å²) in [5.74, 6) is 6.22. The van der Waals surface area contributed by atoms with Crippen molar-refractivity contribution in [2.45, 2.75) is 39.2 Å². The van der Waals surface area contributed by atoms with Gasteiger partial charge in [-0.25, -0.2) is 0 Å². The number of hydrogen-bond donors (Lipinski definition) is 2. The van der Waals surface area contributed by atoms with E-state index in [1.807, 2.05) is 6.07 Å². The van der Waals surface area contributed by atoms with Crippen molar-refractivity contribution in [2.75, 3.05) is 0 Å². The molecule has 3 N–H and O–H groups in total. The number of hydrogen-bond acceptors (Lipinski definition) is 4. The molecule has 4 nitrogen and oxygen atoms in total. The molecule has 1 aromatic rings. The van der Waals surface area contributed by atoms with Gasteiger partial charge in [-0.15, -0.1) is 0 Å². The van der Waals surface area contributed by atoms with Gasteiger partial charge in [0.1, 0.15) is 0 Å². The number of rotatable bonds is 6. The summed E-state index contributed by atoms with van der Waals surface area (Å²) in [6.45, 7) is 4.46. The van der Waals surface area contributed by atoms with Gasteiger partial charge in [-0.1, -0.05) is 26.7 Å². The van der Waals surface area contributed by atoms with E-state index < -0.39 is 0 Å². The molecule has 2 unspecified atom stereocenters. The first-order valence-corrected chi connectivity index (χ1v) is 5.50. The Hall–Kier alpha value is -1.00. The number of hydrazine groups is 1. The van der Waals surface area contributed by atoms with Crippen LogP contribution in [0.1, 0.15) is 44.7 Å². The molecule has 0 fully saturated rings. The van der Waals surface area contributed by atoms with E-state index in [4.69, 9.17) is 5.84 Å². The third-order valence-corrected chi connectivity index (χ3v) is 2.63. The Kier molecular flexibility index (Phi) is 5.21. The van der Waals surface area contributed by atoms with E-state index in [1.165, 1.54) is 12.8 Å². The van der Waals surface area contributed by atoms with Gasteiger partial charge in [-0.3, -0.25) is 11.3 Å². The molecule has 15 heavy (non-hydrogen) atoms. The summed E-state index contributed by atoms with van der Waals surface area (Å²) in [7, 11) is 0. The summed E-state index contributed by atoms with van der Waals surface area (Å²) in [6, 6.07) is 2.14. The average molecular weight is 208 g/mol. The smallest absolute Gasteiger partial charge is 0.0544 e. The molecule has 1 aromatic heterocycles. The van der Waals surface area contributed by atoms with Crippen LogP contribution in [0.4, 0.5) is 0 Å². The van der Waals surface area contributed by atoms with Crippen molar-refractivity contribution in [3.8, 4) is 0 Å². The van der Waals surface area contributed by atoms with Crippen molar-refractivity contribution in [3.63, 3.8) is 0 Å². The molecule has 0 saturated carbocycles. The molecule has 0 aliphatic carbocycles. The number of nitrogens with zero attached hydrogens (tertiary/aromatic N) is 2. The standard InChI is InChI=1S/C11H20N4/c1-3-4-9(2)7-11(15-12)10-5-6-13-14-8-10/h5-6,8-9,11,15H,3-4,7,12H2,1-2H3. The van der Waals surface area contributed by atoms with Gasteiger partial charge in [0, 0.05) is 12.2 Å². The minimum absolute atomic E-state index is 0.182. The predicted octanol–water partition coefficient (Wildman–Crippen LogP) is 1.81. The van der Waals surface area contributed by atoms with Crippen LogP contribution in [0.15, 0.2) is 18.5 Å². The fourth-order valence-electron chi connectivity index (χ4n) is 1.82. The Bertz CT molecular complexity index is 263. The Balaban J connectivity index is 2.56. The van der Waals surface area contributed by atoms with Crippen LogP contribution in [0.2, 0.25) is 0 Å². The second kappa shape index (κ2) is 6.48. The highest BCUT2D eigenvalue weighted by molar-refractivity contribution is 5.11. The van der Waals surface area contributed by atoms with Gasteiger partial charge in [0.05, 0.1) is 6.20 Å². The molecule has 84 valence electrons. The maximum atomic E-state index is 5.55. The Morgan fingerprint density at radius 3 is 2.80 bits per heavy atom. The van der Waals surface area contributed by atoms with Crippen LogP contribution in [-0.2, 0) is 0 Å². The van der Waals surface area contributed by atoms with E-state index in [9.17, 15) is 0 Å². The summed E-state index contributed by atoms with van der Waals surface area (Å²) in [4.78, 5) is 0. The molecule has 4 heteroatoms. The molecule has 0 aliphatic heterocycles. The summed E-state index contributed by atoms with van der Waals surface area (Å²) in [5, 5.41) is 7.62. The van der Waals surface area contributed by atoms with Crippen molar-refractivity contribution >= 4 is 0 Å². The highest BCUT2D eigenvalue weighted by Crippen LogP contribution is 2.22. The van der Waals surface area contributed by atoms with Crippen molar-refractivity contribution in [1.82, 2.24) is 15.6 Å². The molecule has 0 radical (unpaired) electrons. The largest absolute Gasteiger partial charge is 0.271 e. The Labute approximate surface area is 91.3 Å². The van der Waals surface area contributed by atoms with Crippen LogP contribution in [0.3, 0.4) is 0 Å². The van der Waals surface area contributed by atoms with Crippen LogP contribution in [0, 0.1) is 5.92 Å². The fraction of sp³-hybridized carbons (Fsp3) is 0.636. The van der Waals surface area contributed by atoms with Gasteiger partial charge in [0.15, 0.2) is 0 Å². The lowest BCUT2D eigenvalue weighted by molar-refractivity contribution is 0.393. The minimum Gasteiger partial charge on any atom is -0.271 e. The SMILES string of the molecule is CCCC(C)CC(NN)c1ccnnc1. The van der Waals surface area contributed by atoms with E-state index in [0.717, 1.165) is 12.0 Å². The zero-order valence-electron chi connectivity index (χ0n) is 9.48. The maximum Gasteiger partial charge on any atom is 0.0544 e. The monoisotopic (exact) mass is 208 g/mol. The summed E-state index contributed by atoms with van der Waals surface area (Å²) in [5.41, 5.74) is 3.95. The molecule has 2 atom stereocenters. The van der Waals surface area contributed by atoms with Crippen LogP contribution < -0.4 is 11.3 Å². The number of aromatic nitrogens is 2. The van der Waals surface area contributed by atoms with E-state index in [1.54, 1.807) is 12.4 Å². The van der Waals surface area contributed by atoms with Crippen molar-refractivity contribution in [3.05, 3.63) is 24.0 Å². The van der Waals surface area contributed by atoms with Gasteiger partial charge in [-0.2, -0.15) is 10.2 Å². The first-order chi connectivity index (χ1) is 7.27. The molecule has 1 heterocycles. The summed E-state index contributed by atoms with van der Waals surface area (Å²) in [6.07, 6.45) is 6.95. The Morgan fingerprint density at radius 1 is 1.47 bits per heavy atom. The lowest BCUT2D eigenvalue weighted by atomic mass is 9.94. The molecule has 0 aliphatic rings. The second-order valence-electron chi connectivity index (χ2n) is 4.02. The highest BCUT2D eigenvalue weighted by Gasteiger charge is 2.13. The number of nitrogens with one attached hydrogen (secondary N) is 1. The predicted molar refractivity (Wildman–Crippen MR) is 60.8 cm³/mol. The van der Waals surface area contributed by atoms with Crippen LogP contribution in [0.5, 0.6) is 0 Å². The number of nitrogens with two attached hydrogens (primary N) is 1. The van der Waals surface area contributed by atoms with E-state index in [-0.39, 0.29) is 6.04 Å². The van der Waals surface area contributed by atoms with Gasteiger partial charge in [0.2, 0.25) is 0 Å². The molecule has 0 spiro atoms. The van der Waals surface area contributed by atoms with Crippen molar-refractivity contribution in [2.24, 2.45) is 11.8 Å².